The minimum absolute atomic E-state index is 0.0341. The van der Waals surface area contributed by atoms with Gasteiger partial charge in [0.2, 0.25) is 0 Å². The molecule has 2 aromatic heterocycles. The van der Waals surface area contributed by atoms with Gasteiger partial charge in [-0.3, -0.25) is 4.79 Å². The molecule has 0 amide bonds. The number of phenolic OH excluding ortho intramolecular Hbond substituents is 1. The quantitative estimate of drug-likeness (QED) is 0.625. The van der Waals surface area contributed by atoms with E-state index >= 15 is 0 Å². The van der Waals surface area contributed by atoms with E-state index in [1.165, 1.54) is 4.21 Å². The fourth-order valence-corrected chi connectivity index (χ4v) is 4.44. The van der Waals surface area contributed by atoms with E-state index in [0.717, 1.165) is 22.2 Å². The predicted octanol–water partition coefficient (Wildman–Crippen LogP) is 4.77. The molecule has 0 bridgehead atoms. The van der Waals surface area contributed by atoms with Crippen LogP contribution in [0.25, 0.3) is 10.9 Å². The van der Waals surface area contributed by atoms with E-state index in [-0.39, 0.29) is 17.2 Å². The maximum absolute atomic E-state index is 11.2. The van der Waals surface area contributed by atoms with Gasteiger partial charge < -0.3 is 14.8 Å². The van der Waals surface area contributed by atoms with E-state index in [2.05, 4.69) is 16.0 Å². The number of hydrogen-bond donors (Lipinski definition) is 2. The van der Waals surface area contributed by atoms with Crippen LogP contribution in [0.15, 0.2) is 27.8 Å². The number of thioether (sulfide) groups is 1. The summed E-state index contributed by atoms with van der Waals surface area (Å²) in [4.78, 5) is 11.2. The third-order valence-electron chi connectivity index (χ3n) is 4.02. The molecule has 3 rings (SSSR count). The van der Waals surface area contributed by atoms with Gasteiger partial charge in [0.05, 0.1) is 21.2 Å². The molecular weight excluding hydrogens is 366 g/mol. The van der Waals surface area contributed by atoms with E-state index in [0.29, 0.717) is 12.1 Å². The number of halogens is 1. The Bertz CT molecular complexity index is 930. The number of carboxylic acid groups (broad SMARTS) is 1. The molecule has 2 heterocycles. The number of aromatic nitrogens is 1. The molecule has 0 aliphatic heterocycles. The predicted molar refractivity (Wildman–Crippen MR) is 99.9 cm³/mol. The lowest BCUT2D eigenvalue weighted by molar-refractivity contribution is -0.136. The third-order valence-corrected chi connectivity index (χ3v) is 6.40. The number of carbonyl (C=O) groups is 1. The minimum Gasteiger partial charge on any atom is -0.506 e. The number of fused-ring (bicyclic) bond motifs is 1. The van der Waals surface area contributed by atoms with Gasteiger partial charge in [0.25, 0.3) is 0 Å². The number of aliphatic carboxylic acids is 1. The van der Waals surface area contributed by atoms with Gasteiger partial charge in [-0.25, -0.2) is 0 Å². The third kappa shape index (κ3) is 3.14. The van der Waals surface area contributed by atoms with Crippen molar-refractivity contribution in [2.45, 2.75) is 24.1 Å². The Hall–Kier alpha value is -1.63. The molecule has 1 aromatic carbocycles. The molecule has 0 aliphatic carbocycles. The Morgan fingerprint density at radius 3 is 2.75 bits per heavy atom. The van der Waals surface area contributed by atoms with Gasteiger partial charge in [-0.15, -0.1) is 23.1 Å². The normalized spacial score (nSPS) is 11.3. The molecule has 7 heteroatoms. The van der Waals surface area contributed by atoms with Crippen LogP contribution in [0.4, 0.5) is 0 Å². The first-order valence-electron chi connectivity index (χ1n) is 7.24. The summed E-state index contributed by atoms with van der Waals surface area (Å²) in [6.07, 6.45) is 1.95. The van der Waals surface area contributed by atoms with Gasteiger partial charge >= 0.3 is 5.97 Å². The molecule has 3 aromatic rings. The van der Waals surface area contributed by atoms with Crippen molar-refractivity contribution in [1.29, 1.82) is 0 Å². The van der Waals surface area contributed by atoms with Crippen LogP contribution in [-0.2, 0) is 17.8 Å². The number of carboxylic acids is 1. The van der Waals surface area contributed by atoms with Gasteiger partial charge in [0, 0.05) is 17.6 Å². The highest BCUT2D eigenvalue weighted by atomic mass is 35.5. The van der Waals surface area contributed by atoms with Crippen molar-refractivity contribution in [2.75, 3.05) is 6.26 Å². The molecule has 0 radical (unpaired) electrons. The molecular formula is C17H16ClNO3S2. The highest BCUT2D eigenvalue weighted by Crippen LogP contribution is 2.35. The summed E-state index contributed by atoms with van der Waals surface area (Å²) in [5.74, 6) is -0.931. The number of rotatable bonds is 5. The van der Waals surface area contributed by atoms with Crippen molar-refractivity contribution in [1.82, 2.24) is 4.57 Å². The van der Waals surface area contributed by atoms with Gasteiger partial charge in [0.15, 0.2) is 0 Å². The average Bonchev–Trinajstić information content (AvgIpc) is 3.07. The zero-order valence-electron chi connectivity index (χ0n) is 13.2. The summed E-state index contributed by atoms with van der Waals surface area (Å²) in [7, 11) is 0. The standard InChI is InChI=1S/C17H16ClNO3S2/c1-9-11(5-16(21)22)12-4-15(20)13(18)6-14(12)19(9)7-10-3-17(23-2)24-8-10/h3-4,6,8,20H,5,7H2,1-2H3,(H,21,22). The maximum atomic E-state index is 11.2. The Balaban J connectivity index is 2.16. The Morgan fingerprint density at radius 2 is 2.12 bits per heavy atom. The summed E-state index contributed by atoms with van der Waals surface area (Å²) in [6.45, 7) is 2.55. The van der Waals surface area contributed by atoms with Crippen LogP contribution in [0, 0.1) is 6.92 Å². The number of hydrogen-bond acceptors (Lipinski definition) is 4. The second-order valence-electron chi connectivity index (χ2n) is 5.52. The van der Waals surface area contributed by atoms with Crippen LogP contribution < -0.4 is 0 Å². The number of thiophene rings is 1. The van der Waals surface area contributed by atoms with E-state index in [1.807, 2.05) is 13.2 Å². The van der Waals surface area contributed by atoms with Gasteiger partial charge in [-0.2, -0.15) is 0 Å². The lowest BCUT2D eigenvalue weighted by atomic mass is 10.1. The van der Waals surface area contributed by atoms with E-state index in [9.17, 15) is 15.0 Å². The zero-order chi connectivity index (χ0) is 17.4. The van der Waals surface area contributed by atoms with Crippen molar-refractivity contribution in [3.8, 4) is 5.75 Å². The largest absolute Gasteiger partial charge is 0.506 e. The summed E-state index contributed by atoms with van der Waals surface area (Å²) >= 11 is 9.47. The molecule has 2 N–H and O–H groups in total. The van der Waals surface area contributed by atoms with Gasteiger partial charge in [-0.05, 0) is 47.9 Å². The molecule has 0 spiro atoms. The minimum atomic E-state index is -0.896. The van der Waals surface area contributed by atoms with Crippen molar-refractivity contribution in [2.24, 2.45) is 0 Å². The van der Waals surface area contributed by atoms with Crippen molar-refractivity contribution in [3.05, 3.63) is 45.4 Å². The Labute approximate surface area is 152 Å². The van der Waals surface area contributed by atoms with Crippen LogP contribution in [-0.4, -0.2) is 27.0 Å². The maximum Gasteiger partial charge on any atom is 0.307 e. The lowest BCUT2D eigenvalue weighted by Gasteiger charge is -2.08. The molecule has 24 heavy (non-hydrogen) atoms. The van der Waals surface area contributed by atoms with Crippen LogP contribution in [0.3, 0.4) is 0 Å². The SMILES string of the molecule is CSc1cc(Cn2c(C)c(CC(=O)O)c3cc(O)c(Cl)cc32)cs1. The van der Waals surface area contributed by atoms with Crippen LogP contribution in [0.1, 0.15) is 16.8 Å². The summed E-state index contributed by atoms with van der Waals surface area (Å²) < 4.78 is 3.30. The molecule has 0 saturated heterocycles. The summed E-state index contributed by atoms with van der Waals surface area (Å²) in [6, 6.07) is 5.40. The summed E-state index contributed by atoms with van der Waals surface area (Å²) in [5, 5.41) is 22.2. The smallest absolute Gasteiger partial charge is 0.307 e. The Kier molecular flexibility index (Phi) is 4.80. The molecule has 126 valence electrons. The van der Waals surface area contributed by atoms with Crippen molar-refractivity contribution >= 4 is 51.6 Å². The fourth-order valence-electron chi connectivity index (χ4n) is 2.86. The van der Waals surface area contributed by atoms with Crippen molar-refractivity contribution in [3.63, 3.8) is 0 Å². The number of benzene rings is 1. The van der Waals surface area contributed by atoms with Gasteiger partial charge in [0.1, 0.15) is 5.75 Å². The van der Waals surface area contributed by atoms with Crippen LogP contribution >= 0.6 is 34.7 Å². The highest BCUT2D eigenvalue weighted by Gasteiger charge is 2.18. The molecule has 0 fully saturated rings. The second-order valence-corrected chi connectivity index (χ2v) is 7.94. The first-order valence-corrected chi connectivity index (χ1v) is 9.72. The van der Waals surface area contributed by atoms with Gasteiger partial charge in [-0.1, -0.05) is 11.6 Å². The average molecular weight is 382 g/mol. The van der Waals surface area contributed by atoms with E-state index < -0.39 is 5.97 Å². The van der Waals surface area contributed by atoms with Crippen LogP contribution in [0.2, 0.25) is 5.02 Å². The molecule has 0 aliphatic rings. The second kappa shape index (κ2) is 6.70. The highest BCUT2D eigenvalue weighted by molar-refractivity contribution is 8.00. The Morgan fingerprint density at radius 1 is 1.38 bits per heavy atom. The van der Waals surface area contributed by atoms with Crippen LogP contribution in [0.5, 0.6) is 5.75 Å². The fraction of sp³-hybridized carbons (Fsp3) is 0.235. The topological polar surface area (TPSA) is 62.5 Å². The number of aromatic hydroxyl groups is 1. The van der Waals surface area contributed by atoms with Crippen molar-refractivity contribution < 1.29 is 15.0 Å². The molecule has 0 saturated carbocycles. The zero-order valence-corrected chi connectivity index (χ0v) is 15.6. The molecule has 0 unspecified atom stereocenters. The monoisotopic (exact) mass is 381 g/mol. The van der Waals surface area contributed by atoms with E-state index in [4.69, 9.17) is 11.6 Å². The first kappa shape index (κ1) is 17.2. The first-order chi connectivity index (χ1) is 11.4. The lowest BCUT2D eigenvalue weighted by Crippen LogP contribution is -2.04. The molecule has 0 atom stereocenters. The number of nitrogens with zero attached hydrogens (tertiary/aromatic N) is 1. The molecule has 4 nitrogen and oxygen atoms in total. The van der Waals surface area contributed by atoms with E-state index in [1.54, 1.807) is 35.2 Å². The summed E-state index contributed by atoms with van der Waals surface area (Å²) in [5.41, 5.74) is 3.59. The number of phenols is 1.